The first-order valence-corrected chi connectivity index (χ1v) is 7.56. The number of carbonyl (C=O) groups excluding carboxylic acids is 1. The first-order valence-electron chi connectivity index (χ1n) is 7.56. The number of rotatable bonds is 4. The quantitative estimate of drug-likeness (QED) is 0.887. The third kappa shape index (κ3) is 4.34. The van der Waals surface area contributed by atoms with Gasteiger partial charge in [-0.3, -0.25) is 4.79 Å². The highest BCUT2D eigenvalue weighted by Crippen LogP contribution is 2.34. The fraction of sp³-hybridized carbons (Fsp3) is 0.588. The largest absolute Gasteiger partial charge is 0.352 e. The molecule has 1 atom stereocenters. The van der Waals surface area contributed by atoms with Gasteiger partial charge in [0.1, 0.15) is 0 Å². The number of carbonyl (C=O) groups is 1. The van der Waals surface area contributed by atoms with Crippen molar-refractivity contribution in [1.82, 2.24) is 5.32 Å². The van der Waals surface area contributed by atoms with E-state index < -0.39 is 6.04 Å². The topological polar surface area (TPSA) is 55.1 Å². The molecule has 3 nitrogen and oxygen atoms in total. The highest BCUT2D eigenvalue weighted by atomic mass is 16.2. The molecule has 1 fully saturated rings. The second kappa shape index (κ2) is 6.40. The average Bonchev–Trinajstić information content (AvgIpc) is 2.42. The van der Waals surface area contributed by atoms with E-state index in [4.69, 9.17) is 5.73 Å². The maximum atomic E-state index is 12.1. The average molecular weight is 274 g/mol. The number of hydrogen-bond donors (Lipinski definition) is 2. The Bertz CT molecular complexity index is 432. The Labute approximate surface area is 121 Å². The SMILES string of the molecule is CC1(C)CCC(NC(=O)[C@H](N)Cc2ccccc2)CC1. The van der Waals surface area contributed by atoms with Crippen LogP contribution in [-0.2, 0) is 11.2 Å². The van der Waals surface area contributed by atoms with Crippen molar-refractivity contribution in [2.45, 2.75) is 58.0 Å². The van der Waals surface area contributed by atoms with E-state index in [1.807, 2.05) is 30.3 Å². The Hall–Kier alpha value is -1.35. The number of nitrogens with one attached hydrogen (secondary N) is 1. The van der Waals surface area contributed by atoms with Crippen LogP contribution in [0.25, 0.3) is 0 Å². The van der Waals surface area contributed by atoms with E-state index in [1.165, 1.54) is 12.8 Å². The van der Waals surface area contributed by atoms with Crippen molar-refractivity contribution in [3.8, 4) is 0 Å². The van der Waals surface area contributed by atoms with E-state index in [0.29, 0.717) is 17.9 Å². The summed E-state index contributed by atoms with van der Waals surface area (Å²) in [6, 6.07) is 9.79. The molecule has 0 unspecified atom stereocenters. The van der Waals surface area contributed by atoms with Gasteiger partial charge < -0.3 is 11.1 Å². The van der Waals surface area contributed by atoms with Crippen LogP contribution in [0, 0.1) is 5.41 Å². The molecule has 1 aromatic carbocycles. The Morgan fingerprint density at radius 3 is 2.50 bits per heavy atom. The zero-order valence-corrected chi connectivity index (χ0v) is 12.6. The van der Waals surface area contributed by atoms with Gasteiger partial charge in [0.25, 0.3) is 0 Å². The summed E-state index contributed by atoms with van der Waals surface area (Å²) in [4.78, 5) is 12.1. The predicted molar refractivity (Wildman–Crippen MR) is 82.3 cm³/mol. The van der Waals surface area contributed by atoms with Gasteiger partial charge in [-0.25, -0.2) is 0 Å². The van der Waals surface area contributed by atoms with Crippen LogP contribution in [0.4, 0.5) is 0 Å². The highest BCUT2D eigenvalue weighted by molar-refractivity contribution is 5.82. The van der Waals surface area contributed by atoms with Crippen molar-refractivity contribution in [2.75, 3.05) is 0 Å². The fourth-order valence-corrected chi connectivity index (χ4v) is 2.81. The summed E-state index contributed by atoms with van der Waals surface area (Å²) in [7, 11) is 0. The fourth-order valence-electron chi connectivity index (χ4n) is 2.81. The van der Waals surface area contributed by atoms with Gasteiger partial charge in [-0.05, 0) is 43.1 Å². The minimum atomic E-state index is -0.452. The van der Waals surface area contributed by atoms with Crippen LogP contribution in [0.15, 0.2) is 30.3 Å². The molecule has 0 saturated heterocycles. The zero-order valence-electron chi connectivity index (χ0n) is 12.6. The van der Waals surface area contributed by atoms with Gasteiger partial charge in [-0.2, -0.15) is 0 Å². The minimum absolute atomic E-state index is 0.0152. The Balaban J connectivity index is 1.80. The summed E-state index contributed by atoms with van der Waals surface area (Å²) >= 11 is 0. The maximum Gasteiger partial charge on any atom is 0.237 e. The molecule has 0 spiro atoms. The molecular weight excluding hydrogens is 248 g/mol. The summed E-state index contributed by atoms with van der Waals surface area (Å²) in [5, 5.41) is 3.11. The van der Waals surface area contributed by atoms with Crippen LogP contribution < -0.4 is 11.1 Å². The molecule has 1 amide bonds. The van der Waals surface area contributed by atoms with Crippen LogP contribution in [0.5, 0.6) is 0 Å². The van der Waals surface area contributed by atoms with Gasteiger partial charge in [0.2, 0.25) is 5.91 Å². The molecule has 110 valence electrons. The summed E-state index contributed by atoms with van der Waals surface area (Å²) in [5.41, 5.74) is 7.54. The molecule has 1 aromatic rings. The maximum absolute atomic E-state index is 12.1. The molecule has 1 saturated carbocycles. The van der Waals surface area contributed by atoms with Crippen LogP contribution in [0.2, 0.25) is 0 Å². The lowest BCUT2D eigenvalue weighted by Gasteiger charge is -2.35. The molecule has 3 N–H and O–H groups in total. The Morgan fingerprint density at radius 2 is 1.90 bits per heavy atom. The Morgan fingerprint density at radius 1 is 1.30 bits per heavy atom. The molecule has 0 heterocycles. The summed E-state index contributed by atoms with van der Waals surface area (Å²) in [6.07, 6.45) is 5.08. The molecule has 0 radical (unpaired) electrons. The van der Waals surface area contributed by atoms with Crippen LogP contribution in [0.3, 0.4) is 0 Å². The Kier molecular flexibility index (Phi) is 4.81. The first kappa shape index (κ1) is 15.0. The molecule has 20 heavy (non-hydrogen) atoms. The number of nitrogens with two attached hydrogens (primary N) is 1. The molecule has 0 aliphatic heterocycles. The van der Waals surface area contributed by atoms with E-state index in [2.05, 4.69) is 19.2 Å². The van der Waals surface area contributed by atoms with Gasteiger partial charge in [0, 0.05) is 6.04 Å². The minimum Gasteiger partial charge on any atom is -0.352 e. The van der Waals surface area contributed by atoms with Gasteiger partial charge in [-0.1, -0.05) is 44.2 Å². The molecular formula is C17H26N2O. The van der Waals surface area contributed by atoms with E-state index in [-0.39, 0.29) is 5.91 Å². The van der Waals surface area contributed by atoms with Crippen LogP contribution in [-0.4, -0.2) is 18.0 Å². The van der Waals surface area contributed by atoms with Crippen molar-refractivity contribution in [2.24, 2.45) is 11.1 Å². The molecule has 0 bridgehead atoms. The van der Waals surface area contributed by atoms with Crippen LogP contribution in [0.1, 0.15) is 45.1 Å². The third-order valence-corrected chi connectivity index (χ3v) is 4.32. The van der Waals surface area contributed by atoms with Crippen molar-refractivity contribution in [3.63, 3.8) is 0 Å². The number of hydrogen-bond acceptors (Lipinski definition) is 2. The number of amides is 1. The summed E-state index contributed by atoms with van der Waals surface area (Å²) < 4.78 is 0. The molecule has 1 aliphatic rings. The molecule has 0 aromatic heterocycles. The van der Waals surface area contributed by atoms with Crippen molar-refractivity contribution < 1.29 is 4.79 Å². The lowest BCUT2D eigenvalue weighted by molar-refractivity contribution is -0.123. The molecule has 3 heteroatoms. The molecule has 1 aliphatic carbocycles. The third-order valence-electron chi connectivity index (χ3n) is 4.32. The second-order valence-electron chi connectivity index (χ2n) is 6.74. The summed E-state index contributed by atoms with van der Waals surface area (Å²) in [6.45, 7) is 4.60. The first-order chi connectivity index (χ1) is 9.46. The van der Waals surface area contributed by atoms with Gasteiger partial charge >= 0.3 is 0 Å². The van der Waals surface area contributed by atoms with E-state index >= 15 is 0 Å². The zero-order chi connectivity index (χ0) is 14.6. The standard InChI is InChI=1S/C17H26N2O/c1-17(2)10-8-14(9-11-17)19-16(20)15(18)12-13-6-4-3-5-7-13/h3-7,14-15H,8-12,18H2,1-2H3,(H,19,20)/t15-/m1/s1. The normalized spacial score (nSPS) is 20.4. The summed E-state index contributed by atoms with van der Waals surface area (Å²) in [5.74, 6) is -0.0152. The molecule has 2 rings (SSSR count). The van der Waals surface area contributed by atoms with Crippen molar-refractivity contribution in [3.05, 3.63) is 35.9 Å². The van der Waals surface area contributed by atoms with Gasteiger partial charge in [0.15, 0.2) is 0 Å². The monoisotopic (exact) mass is 274 g/mol. The van der Waals surface area contributed by atoms with E-state index in [0.717, 1.165) is 18.4 Å². The van der Waals surface area contributed by atoms with E-state index in [1.54, 1.807) is 0 Å². The van der Waals surface area contributed by atoms with Crippen molar-refractivity contribution >= 4 is 5.91 Å². The van der Waals surface area contributed by atoms with Gasteiger partial charge in [-0.15, -0.1) is 0 Å². The van der Waals surface area contributed by atoms with Crippen LogP contribution >= 0.6 is 0 Å². The lowest BCUT2D eigenvalue weighted by atomic mass is 9.75. The highest BCUT2D eigenvalue weighted by Gasteiger charge is 2.28. The number of benzene rings is 1. The lowest BCUT2D eigenvalue weighted by Crippen LogP contribution is -2.47. The second-order valence-corrected chi connectivity index (χ2v) is 6.74. The van der Waals surface area contributed by atoms with E-state index in [9.17, 15) is 4.79 Å². The van der Waals surface area contributed by atoms with Crippen molar-refractivity contribution in [1.29, 1.82) is 0 Å². The predicted octanol–water partition coefficient (Wildman–Crippen LogP) is 2.64. The smallest absolute Gasteiger partial charge is 0.237 e. The van der Waals surface area contributed by atoms with Gasteiger partial charge in [0.05, 0.1) is 6.04 Å².